The third-order valence-electron chi connectivity index (χ3n) is 4.40. The van der Waals surface area contributed by atoms with Crippen LogP contribution in [0.5, 0.6) is 5.75 Å². The number of hydrogen-bond donors (Lipinski definition) is 1. The number of nitrogens with zero attached hydrogens (tertiary/aromatic N) is 1. The minimum atomic E-state index is -0.945. The van der Waals surface area contributed by atoms with Crippen molar-refractivity contribution in [1.82, 2.24) is 4.90 Å². The highest BCUT2D eigenvalue weighted by Crippen LogP contribution is 2.39. The van der Waals surface area contributed by atoms with Gasteiger partial charge in [-0.3, -0.25) is 9.59 Å². The minimum absolute atomic E-state index is 0.0266. The number of benzene rings is 2. The summed E-state index contributed by atoms with van der Waals surface area (Å²) in [5.74, 6) is -1.12. The van der Waals surface area contributed by atoms with Crippen molar-refractivity contribution in [3.8, 4) is 5.75 Å². The van der Waals surface area contributed by atoms with Gasteiger partial charge in [0.2, 0.25) is 5.91 Å². The van der Waals surface area contributed by atoms with Crippen LogP contribution in [0.3, 0.4) is 0 Å². The first-order chi connectivity index (χ1) is 11.6. The Kier molecular flexibility index (Phi) is 4.51. The average molecular weight is 325 g/mol. The Bertz CT molecular complexity index is 727. The highest BCUT2D eigenvalue weighted by molar-refractivity contribution is 5.87. The van der Waals surface area contributed by atoms with Crippen LogP contribution in [0.1, 0.15) is 23.6 Å². The first-order valence-electron chi connectivity index (χ1n) is 7.80. The van der Waals surface area contributed by atoms with Gasteiger partial charge in [-0.05, 0) is 23.3 Å². The van der Waals surface area contributed by atoms with Crippen molar-refractivity contribution in [1.29, 1.82) is 0 Å². The molecule has 1 aliphatic heterocycles. The summed E-state index contributed by atoms with van der Waals surface area (Å²) in [5.41, 5.74) is 1.79. The predicted molar refractivity (Wildman–Crippen MR) is 88.5 cm³/mol. The first kappa shape index (κ1) is 16.1. The van der Waals surface area contributed by atoms with Crippen molar-refractivity contribution < 1.29 is 19.4 Å². The van der Waals surface area contributed by atoms with Gasteiger partial charge in [-0.1, -0.05) is 42.5 Å². The Morgan fingerprint density at radius 3 is 2.42 bits per heavy atom. The Balaban J connectivity index is 1.94. The molecule has 1 saturated heterocycles. The Hall–Kier alpha value is -2.82. The van der Waals surface area contributed by atoms with Crippen molar-refractivity contribution in [2.24, 2.45) is 5.92 Å². The number of rotatable bonds is 5. The normalized spacial score (nSPS) is 20.2. The number of methoxy groups -OCH3 is 1. The van der Waals surface area contributed by atoms with Crippen LogP contribution < -0.4 is 4.74 Å². The Morgan fingerprint density at radius 2 is 1.83 bits per heavy atom. The molecule has 24 heavy (non-hydrogen) atoms. The van der Waals surface area contributed by atoms with Gasteiger partial charge < -0.3 is 14.7 Å². The maximum Gasteiger partial charge on any atom is 0.309 e. The summed E-state index contributed by atoms with van der Waals surface area (Å²) in [5, 5.41) is 9.54. The number of carbonyl (C=O) groups is 2. The van der Waals surface area contributed by atoms with Gasteiger partial charge in [-0.15, -0.1) is 0 Å². The maximum atomic E-state index is 12.4. The molecule has 1 N–H and O–H groups in total. The molecule has 3 rings (SSSR count). The smallest absolute Gasteiger partial charge is 0.309 e. The molecule has 0 unspecified atom stereocenters. The van der Waals surface area contributed by atoms with Gasteiger partial charge in [-0.2, -0.15) is 0 Å². The largest absolute Gasteiger partial charge is 0.497 e. The molecule has 0 bridgehead atoms. The van der Waals surface area contributed by atoms with E-state index in [1.54, 1.807) is 24.1 Å². The van der Waals surface area contributed by atoms with Crippen LogP contribution in [-0.4, -0.2) is 29.0 Å². The van der Waals surface area contributed by atoms with Gasteiger partial charge in [0.15, 0.2) is 0 Å². The van der Waals surface area contributed by atoms with Crippen molar-refractivity contribution >= 4 is 11.9 Å². The van der Waals surface area contributed by atoms with Crippen LogP contribution in [-0.2, 0) is 16.1 Å². The van der Waals surface area contributed by atoms with E-state index in [0.717, 1.165) is 11.1 Å². The molecule has 1 aliphatic rings. The highest BCUT2D eigenvalue weighted by atomic mass is 16.5. The summed E-state index contributed by atoms with van der Waals surface area (Å²) in [6.45, 7) is 0.403. The zero-order chi connectivity index (χ0) is 17.1. The molecular formula is C19H19NO4. The molecule has 0 radical (unpaired) electrons. The van der Waals surface area contributed by atoms with Crippen LogP contribution >= 0.6 is 0 Å². The van der Waals surface area contributed by atoms with E-state index in [1.165, 1.54) is 0 Å². The molecule has 0 aliphatic carbocycles. The fourth-order valence-electron chi connectivity index (χ4n) is 3.19. The first-order valence-corrected chi connectivity index (χ1v) is 7.80. The lowest BCUT2D eigenvalue weighted by Gasteiger charge is -2.27. The zero-order valence-electron chi connectivity index (χ0n) is 13.4. The summed E-state index contributed by atoms with van der Waals surface area (Å²) in [6.07, 6.45) is 0.0266. The van der Waals surface area contributed by atoms with E-state index in [4.69, 9.17) is 4.74 Å². The van der Waals surface area contributed by atoms with Gasteiger partial charge in [-0.25, -0.2) is 0 Å². The van der Waals surface area contributed by atoms with Crippen molar-refractivity contribution in [2.45, 2.75) is 19.0 Å². The second-order valence-corrected chi connectivity index (χ2v) is 5.87. The second kappa shape index (κ2) is 6.74. The molecule has 0 saturated carbocycles. The van der Waals surface area contributed by atoms with E-state index >= 15 is 0 Å². The number of amides is 1. The van der Waals surface area contributed by atoms with Gasteiger partial charge in [0.05, 0.1) is 19.1 Å². The molecule has 5 heteroatoms. The van der Waals surface area contributed by atoms with E-state index in [9.17, 15) is 14.7 Å². The Morgan fingerprint density at radius 1 is 1.17 bits per heavy atom. The zero-order valence-corrected chi connectivity index (χ0v) is 13.4. The van der Waals surface area contributed by atoms with Crippen molar-refractivity contribution in [3.05, 3.63) is 65.7 Å². The molecule has 1 fully saturated rings. The number of hydrogen-bond acceptors (Lipinski definition) is 3. The van der Waals surface area contributed by atoms with Crippen molar-refractivity contribution in [3.63, 3.8) is 0 Å². The number of carboxylic acid groups (broad SMARTS) is 1. The standard InChI is InChI=1S/C19H19NO4/c1-24-15-9-7-14(8-10-15)18-16(19(22)23)11-17(21)20(18)12-13-5-3-2-4-6-13/h2-10,16,18H,11-12H2,1H3,(H,22,23)/t16-,18+/m0/s1. The number of likely N-dealkylation sites (tertiary alicyclic amines) is 1. The fraction of sp³-hybridized carbons (Fsp3) is 0.263. The summed E-state index contributed by atoms with van der Waals surface area (Å²) in [4.78, 5) is 25.7. The lowest BCUT2D eigenvalue weighted by atomic mass is 9.93. The van der Waals surface area contributed by atoms with Crippen LogP contribution in [0.15, 0.2) is 54.6 Å². The molecule has 1 amide bonds. The fourth-order valence-corrected chi connectivity index (χ4v) is 3.19. The summed E-state index contributed by atoms with van der Waals surface area (Å²) in [6, 6.07) is 16.4. The molecule has 5 nitrogen and oxygen atoms in total. The molecule has 2 atom stereocenters. The van der Waals surface area contributed by atoms with Crippen LogP contribution in [0, 0.1) is 5.92 Å². The van der Waals surface area contributed by atoms with Crippen LogP contribution in [0.2, 0.25) is 0 Å². The van der Waals surface area contributed by atoms with E-state index in [0.29, 0.717) is 12.3 Å². The van der Waals surface area contributed by atoms with Gasteiger partial charge in [0, 0.05) is 13.0 Å². The summed E-state index contributed by atoms with van der Waals surface area (Å²) >= 11 is 0. The second-order valence-electron chi connectivity index (χ2n) is 5.87. The van der Waals surface area contributed by atoms with Gasteiger partial charge >= 0.3 is 5.97 Å². The van der Waals surface area contributed by atoms with Gasteiger partial charge in [0.25, 0.3) is 0 Å². The van der Waals surface area contributed by atoms with E-state index in [2.05, 4.69) is 0 Å². The summed E-state index contributed by atoms with van der Waals surface area (Å²) < 4.78 is 5.15. The third-order valence-corrected chi connectivity index (χ3v) is 4.40. The SMILES string of the molecule is COc1ccc([C@@H]2[C@@H](C(=O)O)CC(=O)N2Cc2ccccc2)cc1. The third kappa shape index (κ3) is 3.11. The van der Waals surface area contributed by atoms with Crippen molar-refractivity contribution in [2.75, 3.05) is 7.11 Å². The molecule has 1 heterocycles. The average Bonchev–Trinajstić information content (AvgIpc) is 2.93. The summed E-state index contributed by atoms with van der Waals surface area (Å²) in [7, 11) is 1.58. The molecule has 124 valence electrons. The number of carbonyl (C=O) groups excluding carboxylic acids is 1. The monoisotopic (exact) mass is 325 g/mol. The number of ether oxygens (including phenoxy) is 1. The molecule has 2 aromatic rings. The lowest BCUT2D eigenvalue weighted by molar-refractivity contribution is -0.142. The Labute approximate surface area is 140 Å². The molecule has 2 aromatic carbocycles. The van der Waals surface area contributed by atoms with Gasteiger partial charge in [0.1, 0.15) is 5.75 Å². The predicted octanol–water partition coefficient (Wildman–Crippen LogP) is 2.87. The molecule has 0 spiro atoms. The van der Waals surface area contributed by atoms with E-state index in [-0.39, 0.29) is 12.3 Å². The lowest BCUT2D eigenvalue weighted by Crippen LogP contribution is -2.30. The van der Waals surface area contributed by atoms with E-state index < -0.39 is 17.9 Å². The number of aliphatic carboxylic acids is 1. The van der Waals surface area contributed by atoms with Crippen LogP contribution in [0.4, 0.5) is 0 Å². The quantitative estimate of drug-likeness (QED) is 0.918. The molecule has 0 aromatic heterocycles. The molecular weight excluding hydrogens is 306 g/mol. The minimum Gasteiger partial charge on any atom is -0.497 e. The maximum absolute atomic E-state index is 12.4. The number of carboxylic acids is 1. The topological polar surface area (TPSA) is 66.8 Å². The van der Waals surface area contributed by atoms with Crippen LogP contribution in [0.25, 0.3) is 0 Å². The van der Waals surface area contributed by atoms with E-state index in [1.807, 2.05) is 42.5 Å². The highest BCUT2D eigenvalue weighted by Gasteiger charge is 2.44.